The second kappa shape index (κ2) is 15.9. The first kappa shape index (κ1) is 28.2. The molecule has 174 valence electrons. The van der Waals surface area contributed by atoms with Gasteiger partial charge in [-0.15, -0.1) is 12.4 Å². The third-order valence-corrected chi connectivity index (χ3v) is 5.66. The molecule has 2 aromatic carbocycles. The van der Waals surface area contributed by atoms with Gasteiger partial charge in [-0.3, -0.25) is 0 Å². The minimum Gasteiger partial charge on any atom is -0.490 e. The van der Waals surface area contributed by atoms with Crippen molar-refractivity contribution < 1.29 is 9.47 Å². The smallest absolute Gasteiger partial charge is 0.180 e. The zero-order valence-corrected chi connectivity index (χ0v) is 21.4. The normalized spacial score (nSPS) is 10.6. The van der Waals surface area contributed by atoms with Crippen LogP contribution >= 0.6 is 47.2 Å². The molecule has 0 saturated heterocycles. The Labute approximate surface area is 208 Å². The van der Waals surface area contributed by atoms with E-state index in [2.05, 4.69) is 12.2 Å². The van der Waals surface area contributed by atoms with Crippen molar-refractivity contribution in [2.45, 2.75) is 65.5 Å². The van der Waals surface area contributed by atoms with Gasteiger partial charge < -0.3 is 14.8 Å². The molecule has 0 saturated carbocycles. The number of ether oxygens (including phenoxy) is 2. The van der Waals surface area contributed by atoms with Crippen molar-refractivity contribution in [3.63, 3.8) is 0 Å². The van der Waals surface area contributed by atoms with E-state index in [0.717, 1.165) is 24.2 Å². The van der Waals surface area contributed by atoms with Gasteiger partial charge in [0.05, 0.1) is 11.6 Å². The lowest BCUT2D eigenvalue weighted by Gasteiger charge is -2.16. The Hall–Kier alpha value is -0.840. The van der Waals surface area contributed by atoms with E-state index >= 15 is 0 Å². The maximum absolute atomic E-state index is 6.53. The zero-order chi connectivity index (χ0) is 21.8. The molecule has 0 amide bonds. The fourth-order valence-electron chi connectivity index (χ4n) is 3.18. The predicted octanol–water partition coefficient (Wildman–Crippen LogP) is 8.50. The van der Waals surface area contributed by atoms with Crippen LogP contribution in [0.15, 0.2) is 30.3 Å². The molecule has 0 aliphatic carbocycles. The number of benzene rings is 2. The number of rotatable bonds is 14. The van der Waals surface area contributed by atoms with Gasteiger partial charge in [0.1, 0.15) is 6.61 Å². The number of halogens is 4. The van der Waals surface area contributed by atoms with Gasteiger partial charge in [0.25, 0.3) is 0 Å². The third-order valence-electron chi connectivity index (χ3n) is 4.79. The number of hydrogen-bond acceptors (Lipinski definition) is 3. The van der Waals surface area contributed by atoms with E-state index in [9.17, 15) is 0 Å². The quantitative estimate of drug-likeness (QED) is 0.259. The number of nitrogens with one attached hydrogen (secondary N) is 1. The van der Waals surface area contributed by atoms with Gasteiger partial charge in [0.15, 0.2) is 11.5 Å². The molecule has 0 atom stereocenters. The Morgan fingerprint density at radius 2 is 1.58 bits per heavy atom. The van der Waals surface area contributed by atoms with Crippen LogP contribution in [0, 0.1) is 0 Å². The Kier molecular flexibility index (Phi) is 14.4. The average Bonchev–Trinajstić information content (AvgIpc) is 2.71. The Balaban J connectivity index is 0.00000480. The van der Waals surface area contributed by atoms with Crippen LogP contribution in [0.5, 0.6) is 11.5 Å². The van der Waals surface area contributed by atoms with Crippen LogP contribution in [0.25, 0.3) is 0 Å². The number of unbranched alkanes of at least 4 members (excludes halogenated alkanes) is 5. The van der Waals surface area contributed by atoms with Crippen LogP contribution in [0.2, 0.25) is 15.1 Å². The first-order chi connectivity index (χ1) is 14.5. The van der Waals surface area contributed by atoms with Crippen LogP contribution in [0.1, 0.15) is 63.5 Å². The van der Waals surface area contributed by atoms with Crippen molar-refractivity contribution in [1.29, 1.82) is 0 Å². The highest BCUT2D eigenvalue weighted by molar-refractivity contribution is 6.35. The molecule has 0 unspecified atom stereocenters. The molecule has 2 rings (SSSR count). The van der Waals surface area contributed by atoms with Gasteiger partial charge in [-0.2, -0.15) is 0 Å². The van der Waals surface area contributed by atoms with E-state index < -0.39 is 0 Å². The van der Waals surface area contributed by atoms with E-state index in [1.807, 2.05) is 25.1 Å². The Morgan fingerprint density at radius 1 is 0.839 bits per heavy atom. The molecule has 2 aromatic rings. The summed E-state index contributed by atoms with van der Waals surface area (Å²) in [7, 11) is 0. The van der Waals surface area contributed by atoms with Crippen LogP contribution in [0.4, 0.5) is 0 Å². The molecule has 1 N–H and O–H groups in total. The van der Waals surface area contributed by atoms with Crippen LogP contribution in [-0.4, -0.2) is 13.2 Å². The van der Waals surface area contributed by atoms with E-state index in [0.29, 0.717) is 33.2 Å². The molecule has 0 aromatic heterocycles. The van der Waals surface area contributed by atoms with Crippen molar-refractivity contribution in [1.82, 2.24) is 5.32 Å². The summed E-state index contributed by atoms with van der Waals surface area (Å²) >= 11 is 18.7. The SMILES string of the molecule is CCCCCCCCNCc1cc(Cl)c(OCc2ccc(Cl)cc2Cl)c(OCC)c1.Cl. The fraction of sp³-hybridized carbons (Fsp3) is 0.500. The van der Waals surface area contributed by atoms with E-state index in [4.69, 9.17) is 44.3 Å². The molecule has 0 aliphatic heterocycles. The summed E-state index contributed by atoms with van der Waals surface area (Å²) in [5.41, 5.74) is 1.91. The molecule has 0 radical (unpaired) electrons. The van der Waals surface area contributed by atoms with Gasteiger partial charge in [-0.25, -0.2) is 0 Å². The van der Waals surface area contributed by atoms with Crippen LogP contribution < -0.4 is 14.8 Å². The monoisotopic (exact) mass is 507 g/mol. The summed E-state index contributed by atoms with van der Waals surface area (Å²) in [6, 6.07) is 9.25. The summed E-state index contributed by atoms with van der Waals surface area (Å²) in [4.78, 5) is 0. The summed E-state index contributed by atoms with van der Waals surface area (Å²) < 4.78 is 11.8. The van der Waals surface area contributed by atoms with Gasteiger partial charge in [-0.1, -0.05) is 79.9 Å². The molecule has 0 aliphatic rings. The number of hydrogen-bond donors (Lipinski definition) is 1. The van der Waals surface area contributed by atoms with Gasteiger partial charge >= 0.3 is 0 Å². The van der Waals surface area contributed by atoms with Crippen molar-refractivity contribution in [3.05, 3.63) is 56.5 Å². The molecule has 0 spiro atoms. The molecular formula is C24H33Cl4NO2. The lowest BCUT2D eigenvalue weighted by Crippen LogP contribution is -2.15. The van der Waals surface area contributed by atoms with Crippen LogP contribution in [-0.2, 0) is 13.2 Å². The molecule has 3 nitrogen and oxygen atoms in total. The molecule has 0 fully saturated rings. The topological polar surface area (TPSA) is 30.5 Å². The lowest BCUT2D eigenvalue weighted by atomic mass is 10.1. The van der Waals surface area contributed by atoms with Crippen molar-refractivity contribution >= 4 is 47.2 Å². The van der Waals surface area contributed by atoms with Gasteiger partial charge in [-0.05, 0) is 49.7 Å². The maximum atomic E-state index is 6.53. The van der Waals surface area contributed by atoms with Gasteiger partial charge in [0, 0.05) is 22.2 Å². The predicted molar refractivity (Wildman–Crippen MR) is 136 cm³/mol. The summed E-state index contributed by atoms with van der Waals surface area (Å²) in [5.74, 6) is 1.18. The largest absolute Gasteiger partial charge is 0.490 e. The standard InChI is InChI=1S/C24H32Cl3NO2.ClH/c1-3-5-6-7-8-9-12-28-16-18-13-22(27)24(23(14-18)29-4-2)30-17-19-10-11-20(25)15-21(19)26;/h10-11,13-15,28H,3-9,12,16-17H2,1-2H3;1H. The zero-order valence-electron chi connectivity index (χ0n) is 18.3. The van der Waals surface area contributed by atoms with Crippen LogP contribution in [0.3, 0.4) is 0 Å². The second-order valence-electron chi connectivity index (χ2n) is 7.31. The minimum atomic E-state index is 0. The Bertz CT molecular complexity index is 786. The van der Waals surface area contributed by atoms with E-state index in [1.165, 1.54) is 38.5 Å². The highest BCUT2D eigenvalue weighted by Gasteiger charge is 2.14. The molecule has 7 heteroatoms. The highest BCUT2D eigenvalue weighted by Crippen LogP contribution is 2.37. The summed E-state index contributed by atoms with van der Waals surface area (Å²) in [5, 5.41) is 5.18. The van der Waals surface area contributed by atoms with Crippen molar-refractivity contribution in [2.24, 2.45) is 0 Å². The molecule has 31 heavy (non-hydrogen) atoms. The summed E-state index contributed by atoms with van der Waals surface area (Å²) in [6.07, 6.45) is 7.75. The Morgan fingerprint density at radius 3 is 2.29 bits per heavy atom. The third kappa shape index (κ3) is 10.1. The highest BCUT2D eigenvalue weighted by atomic mass is 35.5. The molecule has 0 bridgehead atoms. The fourth-order valence-corrected chi connectivity index (χ4v) is 3.93. The minimum absolute atomic E-state index is 0. The maximum Gasteiger partial charge on any atom is 0.180 e. The lowest BCUT2D eigenvalue weighted by molar-refractivity contribution is 0.269. The first-order valence-corrected chi connectivity index (χ1v) is 11.9. The van der Waals surface area contributed by atoms with E-state index in [1.54, 1.807) is 12.1 Å². The summed E-state index contributed by atoms with van der Waals surface area (Å²) in [6.45, 7) is 6.75. The average molecular weight is 509 g/mol. The van der Waals surface area contributed by atoms with Crippen molar-refractivity contribution in [3.8, 4) is 11.5 Å². The molecule has 0 heterocycles. The van der Waals surface area contributed by atoms with E-state index in [-0.39, 0.29) is 19.0 Å². The van der Waals surface area contributed by atoms with Gasteiger partial charge in [0.2, 0.25) is 0 Å². The molecular weight excluding hydrogens is 476 g/mol. The van der Waals surface area contributed by atoms with Crippen molar-refractivity contribution in [2.75, 3.05) is 13.2 Å². The second-order valence-corrected chi connectivity index (χ2v) is 8.56. The first-order valence-electron chi connectivity index (χ1n) is 10.8.